The summed E-state index contributed by atoms with van der Waals surface area (Å²) in [5.74, 6) is 0.774. The molecule has 0 aromatic heterocycles. The molecule has 0 spiro atoms. The topological polar surface area (TPSA) is 54.9 Å². The van der Waals surface area contributed by atoms with Crippen molar-refractivity contribution in [3.8, 4) is 5.75 Å². The number of aliphatic imine (C=N–C) groups is 1. The molecule has 3 unspecified atom stereocenters. The first-order chi connectivity index (χ1) is 12.2. The number of nitrogens with zero attached hydrogens (tertiary/aromatic N) is 1. The molecule has 1 saturated heterocycles. The Hall–Kier alpha value is -1.96. The predicted octanol–water partition coefficient (Wildman–Crippen LogP) is 3.06. The number of benzene rings is 1. The maximum absolute atomic E-state index is 12.5. The molecule has 0 amide bonds. The standard InChI is InChI=1S/C18H24F3N3O2/c1-17(2)14(12-8-9-25-15(12)17)24-16(22-3)23-10-11-6-4-5-7-13(11)26-18(19,20)21/h4-7,12,14-15H,8-10H2,1-3H3,(H2,22,23,24). The maximum atomic E-state index is 12.5. The molecule has 1 heterocycles. The van der Waals surface area contributed by atoms with Gasteiger partial charge in [-0.05, 0) is 12.5 Å². The summed E-state index contributed by atoms with van der Waals surface area (Å²) in [5, 5.41) is 6.48. The van der Waals surface area contributed by atoms with Crippen molar-refractivity contribution in [2.24, 2.45) is 16.3 Å². The number of guanidine groups is 1. The molecule has 26 heavy (non-hydrogen) atoms. The van der Waals surface area contributed by atoms with Gasteiger partial charge in [0.1, 0.15) is 5.75 Å². The van der Waals surface area contributed by atoms with E-state index in [-0.39, 0.29) is 29.9 Å². The van der Waals surface area contributed by atoms with Crippen molar-refractivity contribution < 1.29 is 22.6 Å². The van der Waals surface area contributed by atoms with Gasteiger partial charge in [-0.15, -0.1) is 13.2 Å². The monoisotopic (exact) mass is 371 g/mol. The third-order valence-corrected chi connectivity index (χ3v) is 5.26. The van der Waals surface area contributed by atoms with Gasteiger partial charge >= 0.3 is 6.36 Å². The molecule has 1 aromatic carbocycles. The van der Waals surface area contributed by atoms with Gasteiger partial charge < -0.3 is 20.1 Å². The first-order valence-electron chi connectivity index (χ1n) is 8.65. The van der Waals surface area contributed by atoms with Gasteiger partial charge in [-0.3, -0.25) is 4.99 Å². The summed E-state index contributed by atoms with van der Waals surface area (Å²) in [6.45, 7) is 5.24. The molecule has 1 aliphatic heterocycles. The highest BCUT2D eigenvalue weighted by Gasteiger charge is 2.59. The molecule has 0 radical (unpaired) electrons. The third kappa shape index (κ3) is 3.75. The minimum absolute atomic E-state index is 0.0178. The molecule has 3 atom stereocenters. The van der Waals surface area contributed by atoms with Crippen molar-refractivity contribution in [1.82, 2.24) is 10.6 Å². The van der Waals surface area contributed by atoms with E-state index in [4.69, 9.17) is 4.74 Å². The quantitative estimate of drug-likeness (QED) is 0.631. The van der Waals surface area contributed by atoms with Gasteiger partial charge in [-0.25, -0.2) is 0 Å². The van der Waals surface area contributed by atoms with Crippen LogP contribution in [0.4, 0.5) is 13.2 Å². The van der Waals surface area contributed by atoms with Crippen LogP contribution in [-0.2, 0) is 11.3 Å². The fourth-order valence-corrected chi connectivity index (χ4v) is 4.01. The molecule has 2 aliphatic rings. The molecule has 3 rings (SSSR count). The van der Waals surface area contributed by atoms with Gasteiger partial charge in [0, 0.05) is 43.1 Å². The maximum Gasteiger partial charge on any atom is 0.573 e. The minimum Gasteiger partial charge on any atom is -0.405 e. The second-order valence-corrected chi connectivity index (χ2v) is 7.27. The van der Waals surface area contributed by atoms with Crippen molar-refractivity contribution >= 4 is 5.96 Å². The largest absolute Gasteiger partial charge is 0.573 e. The summed E-state index contributed by atoms with van der Waals surface area (Å²) in [6.07, 6.45) is -3.46. The van der Waals surface area contributed by atoms with Crippen LogP contribution in [0.2, 0.25) is 0 Å². The van der Waals surface area contributed by atoms with Crippen molar-refractivity contribution in [1.29, 1.82) is 0 Å². The second kappa shape index (κ2) is 6.98. The lowest BCUT2D eigenvalue weighted by atomic mass is 9.57. The molecule has 0 bridgehead atoms. The number of fused-ring (bicyclic) bond motifs is 1. The summed E-state index contributed by atoms with van der Waals surface area (Å²) in [6, 6.07) is 6.29. The van der Waals surface area contributed by atoms with Crippen LogP contribution < -0.4 is 15.4 Å². The lowest BCUT2D eigenvalue weighted by molar-refractivity contribution is -0.274. The zero-order valence-corrected chi connectivity index (χ0v) is 15.1. The predicted molar refractivity (Wildman–Crippen MR) is 91.9 cm³/mol. The smallest absolute Gasteiger partial charge is 0.405 e. The van der Waals surface area contributed by atoms with Gasteiger partial charge in [0.05, 0.1) is 6.10 Å². The van der Waals surface area contributed by atoms with Crippen LogP contribution in [0.15, 0.2) is 29.3 Å². The van der Waals surface area contributed by atoms with Gasteiger partial charge in [-0.2, -0.15) is 0 Å². The van der Waals surface area contributed by atoms with Gasteiger partial charge in [0.15, 0.2) is 5.96 Å². The van der Waals surface area contributed by atoms with Gasteiger partial charge in [0.25, 0.3) is 0 Å². The SMILES string of the molecule is CN=C(NCc1ccccc1OC(F)(F)F)NC1C2CCOC2C1(C)C. The van der Waals surface area contributed by atoms with Crippen molar-refractivity contribution in [3.05, 3.63) is 29.8 Å². The van der Waals surface area contributed by atoms with Crippen LogP contribution in [0.5, 0.6) is 5.75 Å². The van der Waals surface area contributed by atoms with E-state index in [0.717, 1.165) is 13.0 Å². The van der Waals surface area contributed by atoms with E-state index >= 15 is 0 Å². The van der Waals surface area contributed by atoms with Crippen molar-refractivity contribution in [2.45, 2.75) is 45.3 Å². The first-order valence-corrected chi connectivity index (χ1v) is 8.65. The van der Waals surface area contributed by atoms with Crippen LogP contribution in [0.1, 0.15) is 25.8 Å². The van der Waals surface area contributed by atoms with Crippen LogP contribution in [-0.4, -0.2) is 38.1 Å². The number of para-hydroxylation sites is 1. The summed E-state index contributed by atoms with van der Waals surface area (Å²) < 4.78 is 47.5. The Morgan fingerprint density at radius 3 is 2.77 bits per heavy atom. The van der Waals surface area contributed by atoms with E-state index in [1.54, 1.807) is 19.2 Å². The van der Waals surface area contributed by atoms with Crippen molar-refractivity contribution in [2.75, 3.05) is 13.7 Å². The number of ether oxygens (including phenoxy) is 2. The molecule has 5 nitrogen and oxygen atoms in total. The highest BCUT2D eigenvalue weighted by Crippen LogP contribution is 2.52. The molecule has 1 aromatic rings. The Labute approximate surface area is 151 Å². The normalized spacial score (nSPS) is 27.5. The lowest BCUT2D eigenvalue weighted by Crippen LogP contribution is -2.67. The molecule has 2 fully saturated rings. The molecular formula is C18H24F3N3O2. The van der Waals surface area contributed by atoms with Crippen LogP contribution >= 0.6 is 0 Å². The van der Waals surface area contributed by atoms with E-state index < -0.39 is 6.36 Å². The van der Waals surface area contributed by atoms with Gasteiger partial charge in [-0.1, -0.05) is 32.0 Å². The molecular weight excluding hydrogens is 347 g/mol. The van der Waals surface area contributed by atoms with Crippen LogP contribution in [0.3, 0.4) is 0 Å². The van der Waals surface area contributed by atoms with E-state index in [1.165, 1.54) is 12.1 Å². The number of hydrogen-bond acceptors (Lipinski definition) is 3. The Morgan fingerprint density at radius 2 is 2.08 bits per heavy atom. The number of nitrogens with one attached hydrogen (secondary N) is 2. The van der Waals surface area contributed by atoms with Crippen molar-refractivity contribution in [3.63, 3.8) is 0 Å². The Bertz CT molecular complexity index is 676. The summed E-state index contributed by atoms with van der Waals surface area (Å²) in [4.78, 5) is 4.20. The van der Waals surface area contributed by atoms with Gasteiger partial charge in [0.2, 0.25) is 0 Å². The third-order valence-electron chi connectivity index (χ3n) is 5.26. The first kappa shape index (κ1) is 18.8. The van der Waals surface area contributed by atoms with E-state index in [1.807, 2.05) is 0 Å². The van der Waals surface area contributed by atoms with E-state index in [9.17, 15) is 13.2 Å². The minimum atomic E-state index is -4.72. The number of halogens is 3. The van der Waals surface area contributed by atoms with Crippen LogP contribution in [0.25, 0.3) is 0 Å². The number of hydrogen-bond donors (Lipinski definition) is 2. The average molecular weight is 371 g/mol. The Morgan fingerprint density at radius 1 is 1.35 bits per heavy atom. The Balaban J connectivity index is 1.62. The number of alkyl halides is 3. The highest BCUT2D eigenvalue weighted by atomic mass is 19.4. The molecule has 1 aliphatic carbocycles. The van der Waals surface area contributed by atoms with Crippen LogP contribution in [0, 0.1) is 11.3 Å². The summed E-state index contributed by atoms with van der Waals surface area (Å²) >= 11 is 0. The molecule has 8 heteroatoms. The zero-order chi connectivity index (χ0) is 18.9. The zero-order valence-electron chi connectivity index (χ0n) is 15.1. The molecule has 144 valence electrons. The summed E-state index contributed by atoms with van der Waals surface area (Å²) in [5.41, 5.74) is 0.388. The fraction of sp³-hybridized carbons (Fsp3) is 0.611. The highest BCUT2D eigenvalue weighted by molar-refractivity contribution is 5.80. The summed E-state index contributed by atoms with van der Waals surface area (Å²) in [7, 11) is 1.64. The number of rotatable bonds is 4. The molecule has 1 saturated carbocycles. The second-order valence-electron chi connectivity index (χ2n) is 7.27. The molecule has 2 N–H and O–H groups in total. The Kier molecular flexibility index (Phi) is 5.05. The van der Waals surface area contributed by atoms with E-state index in [0.29, 0.717) is 17.4 Å². The fourth-order valence-electron chi connectivity index (χ4n) is 4.01. The average Bonchev–Trinajstić information content (AvgIpc) is 3.02. The van der Waals surface area contributed by atoms with E-state index in [2.05, 4.69) is 34.2 Å². The lowest BCUT2D eigenvalue weighted by Gasteiger charge is -2.54.